The molecule has 1 aliphatic rings. The Labute approximate surface area is 142 Å². The van der Waals surface area contributed by atoms with Gasteiger partial charge < -0.3 is 10.2 Å². The summed E-state index contributed by atoms with van der Waals surface area (Å²) in [7, 11) is -0.857. The van der Waals surface area contributed by atoms with Crippen LogP contribution in [0.3, 0.4) is 0 Å². The lowest BCUT2D eigenvalue weighted by Gasteiger charge is -2.33. The smallest absolute Gasteiger partial charge is 0.193 e. The third-order valence-electron chi connectivity index (χ3n) is 4.04. The van der Waals surface area contributed by atoms with Gasteiger partial charge in [0.2, 0.25) is 0 Å². The van der Waals surface area contributed by atoms with E-state index in [-0.39, 0.29) is 0 Å². The molecule has 1 aromatic carbocycles. The van der Waals surface area contributed by atoms with Crippen molar-refractivity contribution in [2.24, 2.45) is 10.9 Å². The van der Waals surface area contributed by atoms with Crippen LogP contribution in [0.1, 0.15) is 32.3 Å². The van der Waals surface area contributed by atoms with Gasteiger partial charge in [0.05, 0.1) is 6.54 Å². The van der Waals surface area contributed by atoms with Gasteiger partial charge in [0.25, 0.3) is 0 Å². The third kappa shape index (κ3) is 6.34. The van der Waals surface area contributed by atoms with Crippen molar-refractivity contribution >= 4 is 16.8 Å². The third-order valence-corrected chi connectivity index (χ3v) is 5.34. The summed E-state index contributed by atoms with van der Waals surface area (Å²) in [6.45, 7) is 8.02. The highest BCUT2D eigenvalue weighted by molar-refractivity contribution is 7.84. The van der Waals surface area contributed by atoms with E-state index in [1.807, 2.05) is 30.3 Å². The molecular formula is C18H29N3OS. The van der Waals surface area contributed by atoms with Gasteiger partial charge in [-0.2, -0.15) is 0 Å². The van der Waals surface area contributed by atoms with Gasteiger partial charge in [-0.05, 0) is 31.2 Å². The van der Waals surface area contributed by atoms with Gasteiger partial charge in [0.1, 0.15) is 0 Å². The quantitative estimate of drug-likeness (QED) is 0.642. The van der Waals surface area contributed by atoms with E-state index in [0.29, 0.717) is 18.1 Å². The fourth-order valence-corrected chi connectivity index (χ4v) is 3.90. The molecule has 0 aromatic heterocycles. The zero-order valence-electron chi connectivity index (χ0n) is 14.3. The highest BCUT2D eigenvalue weighted by Crippen LogP contribution is 2.15. The molecule has 23 heavy (non-hydrogen) atoms. The maximum atomic E-state index is 12.2. The van der Waals surface area contributed by atoms with Crippen molar-refractivity contribution in [3.05, 3.63) is 35.9 Å². The van der Waals surface area contributed by atoms with Crippen molar-refractivity contribution in [2.45, 2.75) is 32.4 Å². The fourth-order valence-electron chi connectivity index (χ4n) is 2.89. The number of hydrogen-bond donors (Lipinski definition) is 1. The van der Waals surface area contributed by atoms with E-state index < -0.39 is 10.8 Å². The Morgan fingerprint density at radius 2 is 2.17 bits per heavy atom. The first kappa shape index (κ1) is 18.0. The lowest BCUT2D eigenvalue weighted by atomic mass is 10.0. The van der Waals surface area contributed by atoms with Crippen LogP contribution in [0, 0.1) is 5.92 Å². The standard InChI is InChI=1S/C18H29N3OS/c1-3-19-18(21-12-7-8-16(2)14-21)20-11-13-23(22)15-17-9-5-4-6-10-17/h4-6,9-10,16H,3,7-8,11-15H2,1-2H3,(H,19,20). The summed E-state index contributed by atoms with van der Waals surface area (Å²) in [6, 6.07) is 10.0. The molecule has 0 spiro atoms. The van der Waals surface area contributed by atoms with Crippen LogP contribution in [0.15, 0.2) is 35.3 Å². The number of nitrogens with one attached hydrogen (secondary N) is 1. The van der Waals surface area contributed by atoms with E-state index in [2.05, 4.69) is 24.1 Å². The molecule has 1 aromatic rings. The van der Waals surface area contributed by atoms with Gasteiger partial charge >= 0.3 is 0 Å². The zero-order chi connectivity index (χ0) is 16.5. The van der Waals surface area contributed by atoms with Crippen LogP contribution < -0.4 is 5.32 Å². The first-order chi connectivity index (χ1) is 11.2. The summed E-state index contributed by atoms with van der Waals surface area (Å²) in [6.07, 6.45) is 2.53. The second kappa shape index (κ2) is 9.71. The molecule has 1 aliphatic heterocycles. The molecule has 1 heterocycles. The van der Waals surface area contributed by atoms with Gasteiger partial charge in [-0.1, -0.05) is 37.3 Å². The summed E-state index contributed by atoms with van der Waals surface area (Å²) >= 11 is 0. The molecule has 0 saturated carbocycles. The van der Waals surface area contributed by atoms with Gasteiger partial charge in [-0.15, -0.1) is 0 Å². The molecule has 0 amide bonds. The molecule has 2 unspecified atom stereocenters. The Bertz CT molecular complexity index is 518. The second-order valence-corrected chi connectivity index (χ2v) is 7.78. The molecule has 1 saturated heterocycles. The van der Waals surface area contributed by atoms with E-state index in [9.17, 15) is 4.21 Å². The highest BCUT2D eigenvalue weighted by Gasteiger charge is 2.19. The Morgan fingerprint density at radius 1 is 1.39 bits per heavy atom. The topological polar surface area (TPSA) is 44.7 Å². The lowest BCUT2D eigenvalue weighted by molar-refractivity contribution is 0.266. The summed E-state index contributed by atoms with van der Waals surface area (Å²) in [5.41, 5.74) is 1.13. The maximum Gasteiger partial charge on any atom is 0.193 e. The van der Waals surface area contributed by atoms with E-state index in [1.54, 1.807) is 0 Å². The van der Waals surface area contributed by atoms with E-state index in [1.165, 1.54) is 12.8 Å². The monoisotopic (exact) mass is 335 g/mol. The molecule has 0 bridgehead atoms. The minimum absolute atomic E-state index is 0.618. The zero-order valence-corrected chi connectivity index (χ0v) is 15.1. The normalized spacial score (nSPS) is 20.3. The van der Waals surface area contributed by atoms with Crippen LogP contribution in [0.5, 0.6) is 0 Å². The molecule has 128 valence electrons. The van der Waals surface area contributed by atoms with Crippen LogP contribution in [-0.2, 0) is 16.6 Å². The SMILES string of the molecule is CCNC(=NCCS(=O)Cc1ccccc1)N1CCCC(C)C1. The predicted octanol–water partition coefficient (Wildman–Crippen LogP) is 2.63. The predicted molar refractivity (Wildman–Crippen MR) is 99.1 cm³/mol. The van der Waals surface area contributed by atoms with Crippen molar-refractivity contribution < 1.29 is 4.21 Å². The minimum Gasteiger partial charge on any atom is -0.357 e. The van der Waals surface area contributed by atoms with Gasteiger partial charge in [0.15, 0.2) is 5.96 Å². The van der Waals surface area contributed by atoms with Gasteiger partial charge in [-0.3, -0.25) is 9.20 Å². The minimum atomic E-state index is -0.857. The van der Waals surface area contributed by atoms with E-state index in [0.717, 1.165) is 37.1 Å². The second-order valence-electron chi connectivity index (χ2n) is 6.20. The Kier molecular flexibility index (Phi) is 7.59. The average Bonchev–Trinajstić information content (AvgIpc) is 2.55. The molecule has 0 radical (unpaired) electrons. The van der Waals surface area contributed by atoms with Crippen LogP contribution in [0.25, 0.3) is 0 Å². The molecule has 2 atom stereocenters. The van der Waals surface area contributed by atoms with Crippen LogP contribution in [0.4, 0.5) is 0 Å². The molecule has 1 N–H and O–H groups in total. The van der Waals surface area contributed by atoms with Crippen LogP contribution in [0.2, 0.25) is 0 Å². The Balaban J connectivity index is 1.84. The number of hydrogen-bond acceptors (Lipinski definition) is 2. The average molecular weight is 336 g/mol. The van der Waals surface area contributed by atoms with Gasteiger partial charge in [-0.25, -0.2) is 0 Å². The van der Waals surface area contributed by atoms with Crippen molar-refractivity contribution in [3.63, 3.8) is 0 Å². The maximum absolute atomic E-state index is 12.2. The summed E-state index contributed by atoms with van der Waals surface area (Å²) < 4.78 is 12.2. The Morgan fingerprint density at radius 3 is 2.87 bits per heavy atom. The van der Waals surface area contributed by atoms with Crippen molar-refractivity contribution in [3.8, 4) is 0 Å². The van der Waals surface area contributed by atoms with Crippen molar-refractivity contribution in [1.29, 1.82) is 0 Å². The highest BCUT2D eigenvalue weighted by atomic mass is 32.2. The number of guanidine groups is 1. The molecule has 5 heteroatoms. The molecular weight excluding hydrogens is 306 g/mol. The van der Waals surface area contributed by atoms with Crippen LogP contribution in [-0.4, -0.2) is 47.0 Å². The number of benzene rings is 1. The lowest BCUT2D eigenvalue weighted by Crippen LogP contribution is -2.46. The largest absolute Gasteiger partial charge is 0.357 e. The first-order valence-electron chi connectivity index (χ1n) is 8.61. The molecule has 1 fully saturated rings. The summed E-state index contributed by atoms with van der Waals surface area (Å²) in [5.74, 6) is 2.94. The molecule has 4 nitrogen and oxygen atoms in total. The fraction of sp³-hybridized carbons (Fsp3) is 0.611. The number of nitrogens with zero attached hydrogens (tertiary/aromatic N) is 2. The van der Waals surface area contributed by atoms with Crippen molar-refractivity contribution in [2.75, 3.05) is 31.9 Å². The Hall–Kier alpha value is -1.36. The number of likely N-dealkylation sites (tertiary alicyclic amines) is 1. The number of aliphatic imine (C=N–C) groups is 1. The summed E-state index contributed by atoms with van der Waals surface area (Å²) in [5, 5.41) is 3.37. The van der Waals surface area contributed by atoms with Crippen molar-refractivity contribution in [1.82, 2.24) is 10.2 Å². The van der Waals surface area contributed by atoms with E-state index >= 15 is 0 Å². The summed E-state index contributed by atoms with van der Waals surface area (Å²) in [4.78, 5) is 7.04. The first-order valence-corrected chi connectivity index (χ1v) is 10.1. The van der Waals surface area contributed by atoms with E-state index in [4.69, 9.17) is 4.99 Å². The number of piperidine rings is 1. The molecule has 0 aliphatic carbocycles. The molecule has 2 rings (SSSR count). The van der Waals surface area contributed by atoms with Gasteiger partial charge in [0, 0.05) is 41.9 Å². The van der Waals surface area contributed by atoms with Crippen LogP contribution >= 0.6 is 0 Å². The number of rotatable bonds is 6.